The zero-order valence-corrected chi connectivity index (χ0v) is 14.8. The van der Waals surface area contributed by atoms with Crippen LogP contribution in [0.15, 0.2) is 35.1 Å². The highest BCUT2D eigenvalue weighted by molar-refractivity contribution is 5.82. The molecule has 0 spiro atoms. The third-order valence-electron chi connectivity index (χ3n) is 5.04. The number of benzene rings is 1. The van der Waals surface area contributed by atoms with Crippen molar-refractivity contribution in [2.24, 2.45) is 0 Å². The molecule has 7 nitrogen and oxygen atoms in total. The fourth-order valence-corrected chi connectivity index (χ4v) is 3.55. The van der Waals surface area contributed by atoms with Crippen molar-refractivity contribution >= 4 is 11.6 Å². The molecular formula is C19H21N5O2. The number of H-pyrrole nitrogens is 1. The van der Waals surface area contributed by atoms with Crippen LogP contribution in [-0.2, 0) is 24.3 Å². The van der Waals surface area contributed by atoms with Gasteiger partial charge >= 0.3 is 0 Å². The molecule has 4 rings (SSSR count). The van der Waals surface area contributed by atoms with Crippen LogP contribution in [0, 0.1) is 13.8 Å². The monoisotopic (exact) mass is 351 g/mol. The quantitative estimate of drug-likeness (QED) is 0.656. The van der Waals surface area contributed by atoms with Crippen LogP contribution in [0.4, 0.5) is 0 Å². The van der Waals surface area contributed by atoms with Gasteiger partial charge in [0.2, 0.25) is 5.91 Å². The Hall–Kier alpha value is -2.93. The summed E-state index contributed by atoms with van der Waals surface area (Å²) in [7, 11) is 0. The van der Waals surface area contributed by atoms with Crippen LogP contribution < -0.4 is 16.2 Å². The van der Waals surface area contributed by atoms with Gasteiger partial charge in [0.15, 0.2) is 5.65 Å². The molecule has 0 radical (unpaired) electrons. The van der Waals surface area contributed by atoms with Crippen LogP contribution in [0.3, 0.4) is 0 Å². The molecule has 2 aromatic heterocycles. The smallest absolute Gasteiger partial charge is 0.266 e. The second-order valence-electron chi connectivity index (χ2n) is 6.70. The van der Waals surface area contributed by atoms with Crippen molar-refractivity contribution < 1.29 is 4.79 Å². The third kappa shape index (κ3) is 2.90. The molecule has 0 fully saturated rings. The molecule has 7 heteroatoms. The number of carbonyl (C=O) groups is 1. The number of fused-ring (bicyclic) bond motifs is 2. The SMILES string of the molecule is Cc1nc2cc(=O)[nH]n2c(C)c1CNC(=O)[C@@H]1Cc2ccccc2CN1. The largest absolute Gasteiger partial charge is 0.351 e. The molecule has 134 valence electrons. The van der Waals surface area contributed by atoms with E-state index in [2.05, 4.69) is 32.8 Å². The molecule has 3 N–H and O–H groups in total. The molecule has 3 aromatic rings. The van der Waals surface area contributed by atoms with Crippen molar-refractivity contribution in [2.75, 3.05) is 0 Å². The Labute approximate surface area is 150 Å². The summed E-state index contributed by atoms with van der Waals surface area (Å²) in [4.78, 5) is 28.6. The summed E-state index contributed by atoms with van der Waals surface area (Å²) in [5.74, 6) is -0.0283. The van der Waals surface area contributed by atoms with Gasteiger partial charge in [-0.2, -0.15) is 0 Å². The maximum absolute atomic E-state index is 12.6. The fraction of sp³-hybridized carbons (Fsp3) is 0.316. The van der Waals surface area contributed by atoms with Crippen LogP contribution in [0.5, 0.6) is 0 Å². The van der Waals surface area contributed by atoms with Crippen LogP contribution in [0.1, 0.15) is 28.1 Å². The first-order chi connectivity index (χ1) is 12.5. The summed E-state index contributed by atoms with van der Waals surface area (Å²) in [6.07, 6.45) is 0.683. The summed E-state index contributed by atoms with van der Waals surface area (Å²) in [5.41, 5.74) is 5.45. The number of aryl methyl sites for hydroxylation is 2. The van der Waals surface area contributed by atoms with Crippen molar-refractivity contribution in [1.29, 1.82) is 0 Å². The van der Waals surface area contributed by atoms with Gasteiger partial charge in [-0.05, 0) is 31.4 Å². The van der Waals surface area contributed by atoms with E-state index in [0.717, 1.165) is 17.0 Å². The van der Waals surface area contributed by atoms with Crippen LogP contribution in [0.2, 0.25) is 0 Å². The Balaban J connectivity index is 1.50. The number of nitrogens with one attached hydrogen (secondary N) is 3. The number of hydrogen-bond donors (Lipinski definition) is 3. The first kappa shape index (κ1) is 16.5. The molecule has 1 aliphatic rings. The standard InChI is InChI=1S/C19H21N5O2/c1-11-15(12(2)24-17(22-11)8-18(25)23-24)10-21-19(26)16-7-13-5-3-4-6-14(13)9-20-16/h3-6,8,16,20H,7,9-10H2,1-2H3,(H,21,26)(H,23,25)/t16-/m0/s1. The summed E-state index contributed by atoms with van der Waals surface area (Å²) in [6, 6.07) is 9.40. The molecule has 0 saturated heterocycles. The van der Waals surface area contributed by atoms with E-state index in [1.165, 1.54) is 17.2 Å². The first-order valence-corrected chi connectivity index (χ1v) is 8.68. The van der Waals surface area contributed by atoms with E-state index in [9.17, 15) is 9.59 Å². The molecular weight excluding hydrogens is 330 g/mol. The molecule has 1 aliphatic heterocycles. The lowest BCUT2D eigenvalue weighted by Crippen LogP contribution is -2.47. The molecule has 0 aliphatic carbocycles. The summed E-state index contributed by atoms with van der Waals surface area (Å²) in [5, 5.41) is 9.03. The highest BCUT2D eigenvalue weighted by Crippen LogP contribution is 2.17. The highest BCUT2D eigenvalue weighted by Gasteiger charge is 2.24. The Morgan fingerprint density at radius 2 is 2.08 bits per heavy atom. The van der Waals surface area contributed by atoms with E-state index < -0.39 is 0 Å². The lowest BCUT2D eigenvalue weighted by atomic mass is 9.95. The topological polar surface area (TPSA) is 91.3 Å². The van der Waals surface area contributed by atoms with E-state index in [-0.39, 0.29) is 17.5 Å². The van der Waals surface area contributed by atoms with E-state index in [4.69, 9.17) is 0 Å². The molecule has 0 bridgehead atoms. The number of hydrogen-bond acceptors (Lipinski definition) is 4. The summed E-state index contributed by atoms with van der Waals surface area (Å²) >= 11 is 0. The Morgan fingerprint density at radius 1 is 1.31 bits per heavy atom. The third-order valence-corrected chi connectivity index (χ3v) is 5.04. The van der Waals surface area contributed by atoms with Gasteiger partial charge in [0.1, 0.15) is 0 Å². The van der Waals surface area contributed by atoms with Crippen LogP contribution in [0.25, 0.3) is 5.65 Å². The van der Waals surface area contributed by atoms with Crippen LogP contribution >= 0.6 is 0 Å². The molecule has 1 aromatic carbocycles. The van der Waals surface area contributed by atoms with Gasteiger partial charge in [0.05, 0.1) is 6.04 Å². The van der Waals surface area contributed by atoms with Crippen molar-refractivity contribution in [2.45, 2.75) is 39.4 Å². The number of aromatic nitrogens is 3. The normalized spacial score (nSPS) is 16.5. The Kier molecular flexibility index (Phi) is 4.08. The van der Waals surface area contributed by atoms with Gasteiger partial charge in [-0.15, -0.1) is 0 Å². The number of amides is 1. The molecule has 26 heavy (non-hydrogen) atoms. The van der Waals surface area contributed by atoms with Gasteiger partial charge < -0.3 is 10.6 Å². The Morgan fingerprint density at radius 3 is 2.88 bits per heavy atom. The average molecular weight is 351 g/mol. The minimum atomic E-state index is -0.242. The molecule has 0 unspecified atom stereocenters. The zero-order chi connectivity index (χ0) is 18.3. The summed E-state index contributed by atoms with van der Waals surface area (Å²) in [6.45, 7) is 4.87. The molecule has 1 amide bonds. The van der Waals surface area contributed by atoms with E-state index in [1.807, 2.05) is 26.0 Å². The fourth-order valence-electron chi connectivity index (χ4n) is 3.55. The molecule has 3 heterocycles. The number of carbonyl (C=O) groups excluding carboxylic acids is 1. The van der Waals surface area contributed by atoms with E-state index in [1.54, 1.807) is 4.52 Å². The van der Waals surface area contributed by atoms with Crippen LogP contribution in [-0.4, -0.2) is 26.5 Å². The highest BCUT2D eigenvalue weighted by atomic mass is 16.2. The second-order valence-corrected chi connectivity index (χ2v) is 6.70. The second kappa shape index (κ2) is 6.42. The van der Waals surface area contributed by atoms with Gasteiger partial charge in [-0.25, -0.2) is 9.50 Å². The van der Waals surface area contributed by atoms with Gasteiger partial charge in [-0.3, -0.25) is 14.7 Å². The van der Waals surface area contributed by atoms with Gasteiger partial charge in [0.25, 0.3) is 5.56 Å². The van der Waals surface area contributed by atoms with Crippen molar-refractivity contribution in [1.82, 2.24) is 25.2 Å². The number of nitrogens with zero attached hydrogens (tertiary/aromatic N) is 2. The first-order valence-electron chi connectivity index (χ1n) is 8.68. The maximum Gasteiger partial charge on any atom is 0.266 e. The van der Waals surface area contributed by atoms with Crippen molar-refractivity contribution in [3.05, 3.63) is 68.8 Å². The predicted octanol–water partition coefficient (Wildman–Crippen LogP) is 0.970. The molecule has 0 saturated carbocycles. The van der Waals surface area contributed by atoms with Gasteiger partial charge in [-0.1, -0.05) is 24.3 Å². The van der Waals surface area contributed by atoms with Gasteiger partial charge in [0, 0.05) is 36.1 Å². The lowest BCUT2D eigenvalue weighted by molar-refractivity contribution is -0.123. The number of rotatable bonds is 3. The average Bonchev–Trinajstić information content (AvgIpc) is 3.01. The Bertz CT molecular complexity index is 1050. The molecule has 1 atom stereocenters. The lowest BCUT2D eigenvalue weighted by Gasteiger charge is -2.25. The maximum atomic E-state index is 12.6. The van der Waals surface area contributed by atoms with Crippen molar-refractivity contribution in [3.63, 3.8) is 0 Å². The van der Waals surface area contributed by atoms with E-state index in [0.29, 0.717) is 25.2 Å². The minimum Gasteiger partial charge on any atom is -0.351 e. The predicted molar refractivity (Wildman–Crippen MR) is 97.9 cm³/mol. The summed E-state index contributed by atoms with van der Waals surface area (Å²) < 4.78 is 1.66. The van der Waals surface area contributed by atoms with E-state index >= 15 is 0 Å². The van der Waals surface area contributed by atoms with Crippen molar-refractivity contribution in [3.8, 4) is 0 Å². The minimum absolute atomic E-state index is 0.0283. The zero-order valence-electron chi connectivity index (χ0n) is 14.8. The number of aromatic amines is 1.